The van der Waals surface area contributed by atoms with Crippen LogP contribution in [-0.4, -0.2) is 26.4 Å². The van der Waals surface area contributed by atoms with Gasteiger partial charge in [0.1, 0.15) is 0 Å². The largest absolute Gasteiger partial charge is 0.463 e. The van der Waals surface area contributed by atoms with Crippen LogP contribution in [0.3, 0.4) is 0 Å². The van der Waals surface area contributed by atoms with Gasteiger partial charge in [0, 0.05) is 0 Å². The summed E-state index contributed by atoms with van der Waals surface area (Å²) in [4.78, 5) is 24.5. The lowest BCUT2D eigenvalue weighted by molar-refractivity contribution is -0.148. The Labute approximate surface area is 164 Å². The summed E-state index contributed by atoms with van der Waals surface area (Å²) >= 11 is 0. The molecule has 2 rings (SSSR count). The lowest BCUT2D eigenvalue weighted by Gasteiger charge is -2.19. The molecule has 7 nitrogen and oxygen atoms in total. The monoisotopic (exact) mass is 404 g/mol. The molecule has 0 fully saturated rings. The van der Waals surface area contributed by atoms with Gasteiger partial charge in [-0.1, -0.05) is 42.5 Å². The maximum Gasteiger partial charge on any atom is 0.308 e. The number of esters is 1. The van der Waals surface area contributed by atoms with E-state index in [1.807, 2.05) is 30.3 Å². The number of ether oxygens (including phenoxy) is 1. The van der Waals surface area contributed by atoms with E-state index in [1.165, 1.54) is 24.3 Å². The Kier molecular flexibility index (Phi) is 7.31. The van der Waals surface area contributed by atoms with Crippen LogP contribution in [0.5, 0.6) is 0 Å². The highest BCUT2D eigenvalue weighted by Gasteiger charge is 2.20. The van der Waals surface area contributed by atoms with Crippen molar-refractivity contribution in [3.63, 3.8) is 0 Å². The molecular formula is C20H24N2O5S. The fraction of sp³-hybridized carbons (Fsp3) is 0.300. The van der Waals surface area contributed by atoms with E-state index in [9.17, 15) is 18.0 Å². The van der Waals surface area contributed by atoms with Crippen molar-refractivity contribution < 1.29 is 22.7 Å². The number of benzene rings is 2. The van der Waals surface area contributed by atoms with E-state index in [0.717, 1.165) is 5.56 Å². The molecule has 1 amide bonds. The van der Waals surface area contributed by atoms with Crippen molar-refractivity contribution in [2.45, 2.75) is 43.7 Å². The summed E-state index contributed by atoms with van der Waals surface area (Å²) in [6.45, 7) is 3.53. The zero-order valence-electron chi connectivity index (χ0n) is 15.8. The molecule has 150 valence electrons. The summed E-state index contributed by atoms with van der Waals surface area (Å²) in [5, 5.41) is 7.92. The molecule has 0 saturated carbocycles. The molecule has 1 atom stereocenters. The molecule has 0 heterocycles. The Morgan fingerprint density at radius 2 is 1.64 bits per heavy atom. The zero-order chi connectivity index (χ0) is 20.7. The minimum Gasteiger partial charge on any atom is -0.463 e. The van der Waals surface area contributed by atoms with Crippen molar-refractivity contribution in [1.29, 1.82) is 0 Å². The average Bonchev–Trinajstić information content (AvgIpc) is 2.61. The van der Waals surface area contributed by atoms with Crippen LogP contribution in [-0.2, 0) is 30.8 Å². The van der Waals surface area contributed by atoms with E-state index in [2.05, 4.69) is 5.32 Å². The first-order chi connectivity index (χ1) is 13.1. The number of carbonyl (C=O) groups excluding carboxylic acids is 2. The summed E-state index contributed by atoms with van der Waals surface area (Å²) in [5.74, 6) is -0.698. The Hall–Kier alpha value is -2.71. The van der Waals surface area contributed by atoms with Gasteiger partial charge in [-0.3, -0.25) is 9.59 Å². The summed E-state index contributed by atoms with van der Waals surface area (Å²) in [5.41, 5.74) is 1.42. The minimum absolute atomic E-state index is 0.0122. The molecule has 2 aromatic carbocycles. The van der Waals surface area contributed by atoms with Crippen LogP contribution in [0.15, 0.2) is 59.5 Å². The van der Waals surface area contributed by atoms with Gasteiger partial charge >= 0.3 is 5.97 Å². The highest BCUT2D eigenvalue weighted by Crippen LogP contribution is 2.18. The van der Waals surface area contributed by atoms with E-state index in [4.69, 9.17) is 9.88 Å². The second kappa shape index (κ2) is 9.48. The van der Waals surface area contributed by atoms with Crippen molar-refractivity contribution >= 4 is 21.9 Å². The van der Waals surface area contributed by atoms with Crippen LogP contribution in [0.25, 0.3) is 0 Å². The first-order valence-corrected chi connectivity index (χ1v) is 10.4. The number of primary sulfonamides is 1. The summed E-state index contributed by atoms with van der Waals surface area (Å²) in [6.07, 6.45) is -0.192. The lowest BCUT2D eigenvalue weighted by atomic mass is 10.0. The second-order valence-corrected chi connectivity index (χ2v) is 8.20. The molecule has 0 saturated heterocycles. The molecule has 0 aliphatic rings. The summed E-state index contributed by atoms with van der Waals surface area (Å²) in [7, 11) is -3.78. The number of carbonyl (C=O) groups is 2. The van der Waals surface area contributed by atoms with Gasteiger partial charge in [0.2, 0.25) is 15.9 Å². The lowest BCUT2D eigenvalue weighted by Crippen LogP contribution is -2.32. The van der Waals surface area contributed by atoms with Gasteiger partial charge in [0.15, 0.2) is 0 Å². The molecule has 0 aliphatic carbocycles. The number of nitrogens with two attached hydrogens (primary N) is 1. The Morgan fingerprint density at radius 1 is 1.04 bits per heavy atom. The third-order valence-corrected chi connectivity index (χ3v) is 4.82. The van der Waals surface area contributed by atoms with Crippen molar-refractivity contribution in [3.05, 3.63) is 65.7 Å². The predicted octanol–water partition coefficient (Wildman–Crippen LogP) is 2.08. The smallest absolute Gasteiger partial charge is 0.308 e. The van der Waals surface area contributed by atoms with Crippen LogP contribution < -0.4 is 10.5 Å². The highest BCUT2D eigenvalue weighted by molar-refractivity contribution is 7.89. The van der Waals surface area contributed by atoms with Crippen LogP contribution >= 0.6 is 0 Å². The van der Waals surface area contributed by atoms with Gasteiger partial charge in [0.25, 0.3) is 0 Å². The van der Waals surface area contributed by atoms with Crippen molar-refractivity contribution in [3.8, 4) is 0 Å². The zero-order valence-corrected chi connectivity index (χ0v) is 16.6. The third-order valence-electron chi connectivity index (χ3n) is 3.89. The number of amides is 1. The summed E-state index contributed by atoms with van der Waals surface area (Å²) in [6, 6.07) is 14.4. The SMILES string of the molecule is CC(C)OC(=O)CC(NC(=O)Cc1ccc(S(N)(=O)=O)cc1)c1ccccc1. The van der Waals surface area contributed by atoms with E-state index >= 15 is 0 Å². The van der Waals surface area contributed by atoms with Crippen LogP contribution in [0, 0.1) is 0 Å². The molecule has 2 aromatic rings. The average molecular weight is 404 g/mol. The van der Waals surface area contributed by atoms with Crippen LogP contribution in [0.4, 0.5) is 0 Å². The maximum absolute atomic E-state index is 12.5. The number of sulfonamides is 1. The molecule has 8 heteroatoms. The maximum atomic E-state index is 12.5. The van der Waals surface area contributed by atoms with Gasteiger partial charge in [-0.05, 0) is 37.1 Å². The van der Waals surface area contributed by atoms with Gasteiger partial charge in [-0.25, -0.2) is 13.6 Å². The van der Waals surface area contributed by atoms with Gasteiger partial charge in [0.05, 0.1) is 29.9 Å². The molecule has 0 bridgehead atoms. The van der Waals surface area contributed by atoms with Crippen LogP contribution in [0.1, 0.15) is 37.4 Å². The molecule has 0 spiro atoms. The number of rotatable bonds is 8. The van der Waals surface area contributed by atoms with E-state index < -0.39 is 22.0 Å². The molecule has 0 aromatic heterocycles. The molecule has 0 radical (unpaired) electrons. The minimum atomic E-state index is -3.78. The standard InChI is InChI=1S/C20H24N2O5S/c1-14(2)27-20(24)13-18(16-6-4-3-5-7-16)22-19(23)12-15-8-10-17(11-9-15)28(21,25)26/h3-11,14,18H,12-13H2,1-2H3,(H,22,23)(H2,21,25,26). The molecule has 3 N–H and O–H groups in total. The van der Waals surface area contributed by atoms with Crippen molar-refractivity contribution in [2.24, 2.45) is 5.14 Å². The highest BCUT2D eigenvalue weighted by atomic mass is 32.2. The van der Waals surface area contributed by atoms with Crippen molar-refractivity contribution in [1.82, 2.24) is 5.32 Å². The number of hydrogen-bond donors (Lipinski definition) is 2. The molecular weight excluding hydrogens is 380 g/mol. The molecule has 1 unspecified atom stereocenters. The van der Waals surface area contributed by atoms with Gasteiger partial charge in [-0.2, -0.15) is 0 Å². The van der Waals surface area contributed by atoms with Gasteiger partial charge in [-0.15, -0.1) is 0 Å². The van der Waals surface area contributed by atoms with E-state index in [0.29, 0.717) is 5.56 Å². The Morgan fingerprint density at radius 3 is 2.18 bits per heavy atom. The third kappa shape index (κ3) is 6.79. The fourth-order valence-corrected chi connectivity index (χ4v) is 3.16. The Bertz CT molecular complexity index is 909. The normalized spacial score (nSPS) is 12.4. The summed E-state index contributed by atoms with van der Waals surface area (Å²) < 4.78 is 27.8. The second-order valence-electron chi connectivity index (χ2n) is 6.64. The van der Waals surface area contributed by atoms with Crippen molar-refractivity contribution in [2.75, 3.05) is 0 Å². The quantitative estimate of drug-likeness (QED) is 0.654. The first-order valence-electron chi connectivity index (χ1n) is 8.80. The number of hydrogen-bond acceptors (Lipinski definition) is 5. The first kappa shape index (κ1) is 21.6. The topological polar surface area (TPSA) is 116 Å². The Balaban J connectivity index is 2.08. The predicted molar refractivity (Wildman–Crippen MR) is 105 cm³/mol. The number of nitrogens with one attached hydrogen (secondary N) is 1. The van der Waals surface area contributed by atoms with E-state index in [1.54, 1.807) is 13.8 Å². The fourth-order valence-electron chi connectivity index (χ4n) is 2.64. The van der Waals surface area contributed by atoms with Crippen LogP contribution in [0.2, 0.25) is 0 Å². The molecule has 0 aliphatic heterocycles. The van der Waals surface area contributed by atoms with E-state index in [-0.39, 0.29) is 29.7 Å². The van der Waals surface area contributed by atoms with Gasteiger partial charge < -0.3 is 10.1 Å². The molecule has 28 heavy (non-hydrogen) atoms.